The van der Waals surface area contributed by atoms with Gasteiger partial charge in [-0.15, -0.1) is 0 Å². The lowest BCUT2D eigenvalue weighted by molar-refractivity contribution is 0.616. The molecule has 0 spiro atoms. The largest absolute Gasteiger partial charge is 0.434 e. The lowest BCUT2D eigenvalue weighted by Gasteiger charge is -1.93. The number of nitrogens with zero attached hydrogens (tertiary/aromatic N) is 2. The zero-order valence-corrected chi connectivity index (χ0v) is 10.1. The van der Waals surface area contributed by atoms with Crippen molar-refractivity contribution in [2.24, 2.45) is 0 Å². The highest BCUT2D eigenvalue weighted by Crippen LogP contribution is 2.24. The maximum absolute atomic E-state index is 12.8. The van der Waals surface area contributed by atoms with E-state index >= 15 is 0 Å². The van der Waals surface area contributed by atoms with Gasteiger partial charge in [-0.2, -0.15) is 4.98 Å². The van der Waals surface area contributed by atoms with E-state index in [1.807, 2.05) is 0 Å². The Morgan fingerprint density at radius 2 is 1.94 bits per heavy atom. The van der Waals surface area contributed by atoms with Gasteiger partial charge in [-0.1, -0.05) is 0 Å². The molecule has 3 nitrogen and oxygen atoms in total. The van der Waals surface area contributed by atoms with Crippen LogP contribution in [0.5, 0.6) is 0 Å². The Kier molecular flexibility index (Phi) is 2.40. The van der Waals surface area contributed by atoms with Gasteiger partial charge in [0.2, 0.25) is 5.89 Å². The monoisotopic (exact) mass is 292 g/mol. The van der Waals surface area contributed by atoms with Crippen molar-refractivity contribution in [3.63, 3.8) is 0 Å². The van der Waals surface area contributed by atoms with Crippen LogP contribution in [0.4, 0.5) is 4.39 Å². The molecule has 0 unspecified atom stereocenters. The highest BCUT2D eigenvalue weighted by molar-refractivity contribution is 9.10. The minimum atomic E-state index is -0.286. The quantitative estimate of drug-likeness (QED) is 0.685. The number of pyridine rings is 1. The average Bonchev–Trinajstić information content (AvgIpc) is 2.72. The minimum absolute atomic E-state index is 0.286. The second-order valence-electron chi connectivity index (χ2n) is 3.50. The van der Waals surface area contributed by atoms with Crippen LogP contribution in [0.2, 0.25) is 0 Å². The van der Waals surface area contributed by atoms with Crippen molar-refractivity contribution in [2.75, 3.05) is 0 Å². The summed E-state index contributed by atoms with van der Waals surface area (Å²) >= 11 is 3.31. The molecule has 0 saturated heterocycles. The summed E-state index contributed by atoms with van der Waals surface area (Å²) in [5.74, 6) is 0.149. The van der Waals surface area contributed by atoms with Crippen molar-refractivity contribution < 1.29 is 8.81 Å². The van der Waals surface area contributed by atoms with Crippen molar-refractivity contribution in [3.05, 3.63) is 46.8 Å². The van der Waals surface area contributed by atoms with Crippen LogP contribution in [0.3, 0.4) is 0 Å². The Balaban J connectivity index is 2.14. The van der Waals surface area contributed by atoms with E-state index < -0.39 is 0 Å². The first kappa shape index (κ1) is 10.4. The molecule has 17 heavy (non-hydrogen) atoms. The van der Waals surface area contributed by atoms with Gasteiger partial charge in [0, 0.05) is 22.3 Å². The molecule has 0 bridgehead atoms. The Bertz CT molecular complexity index is 679. The number of oxazole rings is 1. The number of fused-ring (bicyclic) bond motifs is 1. The smallest absolute Gasteiger partial charge is 0.228 e. The summed E-state index contributed by atoms with van der Waals surface area (Å²) in [6, 6.07) is 7.77. The lowest BCUT2D eigenvalue weighted by Crippen LogP contribution is -1.79. The van der Waals surface area contributed by atoms with Gasteiger partial charge < -0.3 is 4.42 Å². The predicted molar refractivity (Wildman–Crippen MR) is 64.9 cm³/mol. The van der Waals surface area contributed by atoms with Gasteiger partial charge in [0.25, 0.3) is 0 Å². The standard InChI is InChI=1S/C12H6BrFN2O/c13-8-5-10-11(15-6-8)16-12(17-10)7-1-3-9(14)4-2-7/h1-6H. The third-order valence-corrected chi connectivity index (χ3v) is 2.74. The van der Waals surface area contributed by atoms with E-state index in [0.717, 1.165) is 10.0 Å². The zero-order chi connectivity index (χ0) is 11.8. The van der Waals surface area contributed by atoms with Gasteiger partial charge in [0.05, 0.1) is 0 Å². The molecule has 2 aromatic heterocycles. The molecule has 0 radical (unpaired) electrons. The van der Waals surface area contributed by atoms with Gasteiger partial charge in [0.15, 0.2) is 11.2 Å². The van der Waals surface area contributed by atoms with Crippen LogP contribution in [-0.2, 0) is 0 Å². The molecule has 0 amide bonds. The first-order valence-electron chi connectivity index (χ1n) is 4.90. The Morgan fingerprint density at radius 3 is 2.71 bits per heavy atom. The average molecular weight is 293 g/mol. The summed E-state index contributed by atoms with van der Waals surface area (Å²) in [5, 5.41) is 0. The van der Waals surface area contributed by atoms with Gasteiger partial charge >= 0.3 is 0 Å². The summed E-state index contributed by atoms with van der Waals surface area (Å²) in [7, 11) is 0. The van der Waals surface area contributed by atoms with Crippen LogP contribution in [0.25, 0.3) is 22.7 Å². The summed E-state index contributed by atoms with van der Waals surface area (Å²) in [5.41, 5.74) is 1.85. The normalized spacial score (nSPS) is 10.9. The molecule has 2 heterocycles. The van der Waals surface area contributed by atoms with Crippen molar-refractivity contribution >= 4 is 27.2 Å². The lowest BCUT2D eigenvalue weighted by atomic mass is 10.2. The molecule has 84 valence electrons. The summed E-state index contributed by atoms with van der Waals surface area (Å²) < 4.78 is 19.2. The van der Waals surface area contributed by atoms with Crippen molar-refractivity contribution in [1.82, 2.24) is 9.97 Å². The van der Waals surface area contributed by atoms with E-state index in [1.165, 1.54) is 12.1 Å². The fraction of sp³-hybridized carbons (Fsp3) is 0. The third-order valence-electron chi connectivity index (χ3n) is 2.30. The Labute approximate surface area is 104 Å². The van der Waals surface area contributed by atoms with Crippen LogP contribution >= 0.6 is 15.9 Å². The predicted octanol–water partition coefficient (Wildman–Crippen LogP) is 3.79. The van der Waals surface area contributed by atoms with Gasteiger partial charge in [-0.05, 0) is 40.2 Å². The van der Waals surface area contributed by atoms with Crippen LogP contribution in [0.1, 0.15) is 0 Å². The number of benzene rings is 1. The molecular formula is C12H6BrFN2O. The first-order valence-corrected chi connectivity index (χ1v) is 5.70. The van der Waals surface area contributed by atoms with E-state index in [9.17, 15) is 4.39 Å². The molecule has 0 aliphatic carbocycles. The van der Waals surface area contributed by atoms with Crippen molar-refractivity contribution in [2.45, 2.75) is 0 Å². The molecule has 5 heteroatoms. The molecule has 0 saturated carbocycles. The molecule has 1 aromatic carbocycles. The molecule has 0 aliphatic heterocycles. The second-order valence-corrected chi connectivity index (χ2v) is 4.42. The third kappa shape index (κ3) is 1.93. The molecule has 0 aliphatic rings. The van der Waals surface area contributed by atoms with Gasteiger partial charge in [-0.25, -0.2) is 9.37 Å². The molecule has 3 rings (SSSR count). The molecule has 0 fully saturated rings. The Morgan fingerprint density at radius 1 is 1.18 bits per heavy atom. The number of hydrogen-bond donors (Lipinski definition) is 0. The fourth-order valence-corrected chi connectivity index (χ4v) is 1.82. The summed E-state index contributed by atoms with van der Waals surface area (Å²) in [4.78, 5) is 8.35. The maximum atomic E-state index is 12.8. The van der Waals surface area contributed by atoms with Crippen molar-refractivity contribution in [3.8, 4) is 11.5 Å². The van der Waals surface area contributed by atoms with E-state index in [1.54, 1.807) is 24.4 Å². The number of aromatic nitrogens is 2. The van der Waals surface area contributed by atoms with Crippen LogP contribution in [0, 0.1) is 5.82 Å². The molecule has 3 aromatic rings. The number of hydrogen-bond acceptors (Lipinski definition) is 3. The highest BCUT2D eigenvalue weighted by atomic mass is 79.9. The van der Waals surface area contributed by atoms with E-state index in [4.69, 9.17) is 4.42 Å². The summed E-state index contributed by atoms with van der Waals surface area (Å²) in [6.45, 7) is 0. The zero-order valence-electron chi connectivity index (χ0n) is 8.52. The van der Waals surface area contributed by atoms with Crippen LogP contribution in [0.15, 0.2) is 45.4 Å². The van der Waals surface area contributed by atoms with E-state index in [0.29, 0.717) is 17.1 Å². The fourth-order valence-electron chi connectivity index (χ4n) is 1.51. The van der Waals surface area contributed by atoms with E-state index in [2.05, 4.69) is 25.9 Å². The SMILES string of the molecule is Fc1ccc(-c2nc3ncc(Br)cc3o2)cc1. The molecule has 0 atom stereocenters. The van der Waals surface area contributed by atoms with Crippen LogP contribution < -0.4 is 0 Å². The summed E-state index contributed by atoms with van der Waals surface area (Å²) in [6.07, 6.45) is 1.65. The van der Waals surface area contributed by atoms with Gasteiger partial charge in [-0.3, -0.25) is 0 Å². The second kappa shape index (κ2) is 3.92. The minimum Gasteiger partial charge on any atom is -0.434 e. The Hall–Kier alpha value is -1.75. The van der Waals surface area contributed by atoms with Gasteiger partial charge in [0.1, 0.15) is 5.82 Å². The number of halogens is 2. The van der Waals surface area contributed by atoms with Crippen LogP contribution in [-0.4, -0.2) is 9.97 Å². The van der Waals surface area contributed by atoms with Crippen molar-refractivity contribution in [1.29, 1.82) is 0 Å². The highest BCUT2D eigenvalue weighted by Gasteiger charge is 2.09. The number of rotatable bonds is 1. The molecule has 0 N–H and O–H groups in total. The van der Waals surface area contributed by atoms with E-state index in [-0.39, 0.29) is 5.82 Å². The maximum Gasteiger partial charge on any atom is 0.228 e. The topological polar surface area (TPSA) is 38.9 Å². The molecular weight excluding hydrogens is 287 g/mol. The first-order chi connectivity index (χ1) is 8.22.